The van der Waals surface area contributed by atoms with Gasteiger partial charge in [-0.3, -0.25) is 4.79 Å². The van der Waals surface area contributed by atoms with Crippen LogP contribution in [-0.2, 0) is 9.53 Å². The zero-order valence-corrected chi connectivity index (χ0v) is 19.4. The molecule has 1 heterocycles. The third-order valence-corrected chi connectivity index (χ3v) is 5.80. The van der Waals surface area contributed by atoms with Crippen LogP contribution in [0.2, 0.25) is 0 Å². The maximum absolute atomic E-state index is 12.7. The minimum absolute atomic E-state index is 0.174. The Balaban J connectivity index is 1.63. The van der Waals surface area contributed by atoms with Crippen LogP contribution >= 0.6 is 11.8 Å². The molecule has 174 valence electrons. The van der Waals surface area contributed by atoms with Crippen molar-refractivity contribution in [1.29, 1.82) is 0 Å². The van der Waals surface area contributed by atoms with E-state index in [0.29, 0.717) is 29.3 Å². The van der Waals surface area contributed by atoms with Crippen molar-refractivity contribution in [3.63, 3.8) is 0 Å². The zero-order valence-electron chi connectivity index (χ0n) is 18.6. The molecule has 1 unspecified atom stereocenters. The number of anilines is 1. The molecular formula is C23H25N3O6S. The molecule has 1 aromatic heterocycles. The average molecular weight is 472 g/mol. The molecule has 0 spiro atoms. The second kappa shape index (κ2) is 11.4. The molecule has 0 radical (unpaired) electrons. The van der Waals surface area contributed by atoms with Crippen LogP contribution in [0.1, 0.15) is 37.0 Å². The summed E-state index contributed by atoms with van der Waals surface area (Å²) in [7, 11) is 1.56. The van der Waals surface area contributed by atoms with E-state index in [9.17, 15) is 14.7 Å². The van der Waals surface area contributed by atoms with Gasteiger partial charge in [-0.15, -0.1) is 0 Å². The van der Waals surface area contributed by atoms with Crippen molar-refractivity contribution in [1.82, 2.24) is 5.27 Å². The minimum atomic E-state index is -0.638. The molecule has 1 amide bonds. The summed E-state index contributed by atoms with van der Waals surface area (Å²) in [5.74, 6) is -0.697. The molecule has 3 aromatic rings. The Kier molecular flexibility index (Phi) is 8.31. The molecule has 1 N–H and O–H groups in total. The Hall–Kier alpha value is -3.53. The predicted molar refractivity (Wildman–Crippen MR) is 120 cm³/mol. The number of ether oxygens (including phenoxy) is 2. The van der Waals surface area contributed by atoms with Gasteiger partial charge in [0.2, 0.25) is 11.6 Å². The Bertz CT molecular complexity index is 1080. The van der Waals surface area contributed by atoms with Crippen LogP contribution in [-0.4, -0.2) is 36.1 Å². The highest BCUT2D eigenvalue weighted by Crippen LogP contribution is 2.28. The molecule has 0 saturated heterocycles. The van der Waals surface area contributed by atoms with Gasteiger partial charge in [0.05, 0.1) is 29.8 Å². The van der Waals surface area contributed by atoms with E-state index in [1.165, 1.54) is 4.68 Å². The van der Waals surface area contributed by atoms with Gasteiger partial charge < -0.3 is 24.4 Å². The molecule has 0 bridgehead atoms. The minimum Gasteiger partial charge on any atom is -0.538 e. The summed E-state index contributed by atoms with van der Waals surface area (Å²) in [5.41, 5.74) is 1.53. The van der Waals surface area contributed by atoms with E-state index in [1.807, 2.05) is 6.92 Å². The van der Waals surface area contributed by atoms with E-state index >= 15 is 0 Å². The summed E-state index contributed by atoms with van der Waals surface area (Å²) < 4.78 is 16.5. The zero-order chi connectivity index (χ0) is 23.8. The summed E-state index contributed by atoms with van der Waals surface area (Å²) in [6, 6.07) is 13.4. The summed E-state index contributed by atoms with van der Waals surface area (Å²) >= 11 is 1.03. The molecule has 0 aliphatic heterocycles. The van der Waals surface area contributed by atoms with Gasteiger partial charge in [-0.25, -0.2) is 4.79 Å². The molecular weight excluding hydrogens is 446 g/mol. The molecule has 10 heteroatoms. The Morgan fingerprint density at radius 3 is 2.52 bits per heavy atom. The van der Waals surface area contributed by atoms with Crippen molar-refractivity contribution < 1.29 is 33.4 Å². The number of hydrogen-bond donors (Lipinski definition) is 1. The van der Waals surface area contributed by atoms with E-state index in [1.54, 1.807) is 62.6 Å². The quantitative estimate of drug-likeness (QED) is 0.207. The fourth-order valence-corrected chi connectivity index (χ4v) is 3.65. The summed E-state index contributed by atoms with van der Waals surface area (Å²) in [5, 5.41) is 18.3. The van der Waals surface area contributed by atoms with Gasteiger partial charge in [0.1, 0.15) is 5.75 Å². The molecule has 0 fully saturated rings. The predicted octanol–water partition coefficient (Wildman–Crippen LogP) is 3.11. The van der Waals surface area contributed by atoms with Crippen molar-refractivity contribution in [2.45, 2.75) is 37.0 Å². The SMILES string of the molecule is CCCCOC(=O)c1ccc(NC(=O)C(C)Sc2c([O-])on[n+]2-c2ccc(OC)cc2)cc1. The van der Waals surface area contributed by atoms with E-state index in [0.717, 1.165) is 24.6 Å². The second-order valence-corrected chi connectivity index (χ2v) is 8.42. The number of unbranched alkanes of at least 4 members (excludes halogenated alkanes) is 1. The van der Waals surface area contributed by atoms with Gasteiger partial charge in [-0.2, -0.15) is 0 Å². The van der Waals surface area contributed by atoms with Crippen LogP contribution in [0, 0.1) is 0 Å². The monoisotopic (exact) mass is 471 g/mol. The van der Waals surface area contributed by atoms with E-state index in [4.69, 9.17) is 14.0 Å². The lowest BCUT2D eigenvalue weighted by Crippen LogP contribution is -2.36. The number of carbonyl (C=O) groups is 2. The lowest BCUT2D eigenvalue weighted by Gasteiger charge is -2.11. The number of thioether (sulfide) groups is 1. The third-order valence-electron chi connectivity index (χ3n) is 4.67. The van der Waals surface area contributed by atoms with Crippen molar-refractivity contribution >= 4 is 29.3 Å². The number of esters is 1. The highest BCUT2D eigenvalue weighted by molar-refractivity contribution is 8.00. The second-order valence-electron chi connectivity index (χ2n) is 7.09. The molecule has 0 aliphatic carbocycles. The van der Waals surface area contributed by atoms with Crippen LogP contribution in [0.3, 0.4) is 0 Å². The Morgan fingerprint density at radius 1 is 1.18 bits per heavy atom. The average Bonchev–Trinajstić information content (AvgIpc) is 3.19. The Morgan fingerprint density at radius 2 is 1.88 bits per heavy atom. The first kappa shape index (κ1) is 24.1. The van der Waals surface area contributed by atoms with Crippen molar-refractivity contribution in [3.8, 4) is 17.4 Å². The van der Waals surface area contributed by atoms with Crippen LogP contribution in [0.25, 0.3) is 5.69 Å². The molecule has 1 atom stereocenters. The van der Waals surface area contributed by atoms with Crippen LogP contribution in [0.4, 0.5) is 5.69 Å². The summed E-state index contributed by atoms with van der Waals surface area (Å²) in [6.07, 6.45) is 1.75. The van der Waals surface area contributed by atoms with Crippen LogP contribution in [0.15, 0.2) is 58.1 Å². The van der Waals surface area contributed by atoms with Crippen LogP contribution < -0.4 is 19.8 Å². The highest BCUT2D eigenvalue weighted by atomic mass is 32.2. The number of hydrogen-bond acceptors (Lipinski definition) is 8. The first-order chi connectivity index (χ1) is 15.9. The smallest absolute Gasteiger partial charge is 0.338 e. The molecule has 0 aliphatic rings. The standard InChI is InChI=1S/C23H25N3O6S/c1-4-5-14-31-22(28)16-6-8-17(9-7-16)24-20(27)15(2)33-21-23(29)32-25-26(21)18-10-12-19(30-3)13-11-18/h6-13,15H,4-5,14H2,1-3H3,(H-,24,25,27,28,29). The highest BCUT2D eigenvalue weighted by Gasteiger charge is 2.26. The van der Waals surface area contributed by atoms with Crippen LogP contribution in [0.5, 0.6) is 11.7 Å². The van der Waals surface area contributed by atoms with Crippen molar-refractivity contribution in [2.75, 3.05) is 19.0 Å². The number of nitrogens with one attached hydrogen (secondary N) is 1. The van der Waals surface area contributed by atoms with E-state index < -0.39 is 17.2 Å². The molecule has 3 rings (SSSR count). The number of methoxy groups -OCH3 is 1. The summed E-state index contributed by atoms with van der Waals surface area (Å²) in [4.78, 5) is 24.7. The number of amides is 1. The van der Waals surface area contributed by atoms with Gasteiger partial charge >= 0.3 is 5.97 Å². The van der Waals surface area contributed by atoms with E-state index in [2.05, 4.69) is 10.6 Å². The lowest BCUT2D eigenvalue weighted by molar-refractivity contribution is -0.705. The normalized spacial score (nSPS) is 11.6. The molecule has 9 nitrogen and oxygen atoms in total. The van der Waals surface area contributed by atoms with Crippen molar-refractivity contribution in [3.05, 3.63) is 54.1 Å². The maximum Gasteiger partial charge on any atom is 0.338 e. The molecule has 33 heavy (non-hydrogen) atoms. The number of carbonyl (C=O) groups excluding carboxylic acids is 2. The number of aromatic nitrogens is 2. The van der Waals surface area contributed by atoms with Crippen molar-refractivity contribution in [2.24, 2.45) is 0 Å². The topological polar surface area (TPSA) is 118 Å². The number of nitrogens with zero attached hydrogens (tertiary/aromatic N) is 2. The van der Waals surface area contributed by atoms with Gasteiger partial charge in [-0.05, 0) is 66.2 Å². The fourth-order valence-electron chi connectivity index (χ4n) is 2.77. The van der Waals surface area contributed by atoms with Gasteiger partial charge in [-0.1, -0.05) is 13.3 Å². The van der Waals surface area contributed by atoms with Gasteiger partial charge in [0, 0.05) is 17.8 Å². The first-order valence-corrected chi connectivity index (χ1v) is 11.3. The number of benzene rings is 2. The number of rotatable bonds is 10. The van der Waals surface area contributed by atoms with E-state index in [-0.39, 0.29) is 10.9 Å². The third kappa shape index (κ3) is 6.26. The fraction of sp³-hybridized carbons (Fsp3) is 0.304. The van der Waals surface area contributed by atoms with Gasteiger partial charge in [0.25, 0.3) is 5.03 Å². The Labute approximate surface area is 195 Å². The first-order valence-electron chi connectivity index (χ1n) is 10.4. The lowest BCUT2D eigenvalue weighted by atomic mass is 10.2. The molecule has 2 aromatic carbocycles. The van der Waals surface area contributed by atoms with Gasteiger partial charge in [0.15, 0.2) is 5.95 Å². The summed E-state index contributed by atoms with van der Waals surface area (Å²) in [6.45, 7) is 4.07. The maximum atomic E-state index is 12.7. The largest absolute Gasteiger partial charge is 0.538 e. The molecule has 0 saturated carbocycles.